The Morgan fingerprint density at radius 3 is 2.44 bits per heavy atom. The number of hydrogen-bond donors (Lipinski definition) is 2. The van der Waals surface area contributed by atoms with Crippen molar-refractivity contribution in [2.45, 2.75) is 6.18 Å². The maximum absolute atomic E-state index is 12.3. The average Bonchev–Trinajstić information content (AvgIpc) is 2.32. The van der Waals surface area contributed by atoms with Crippen LogP contribution in [0.1, 0.15) is 5.69 Å². The highest BCUT2D eigenvalue weighted by Crippen LogP contribution is 2.28. The largest absolute Gasteiger partial charge is 0.433 e. The fourth-order valence-electron chi connectivity index (χ4n) is 1.31. The van der Waals surface area contributed by atoms with E-state index >= 15 is 0 Å². The first-order chi connectivity index (χ1) is 8.47. The van der Waals surface area contributed by atoms with E-state index in [1.54, 1.807) is 6.07 Å². The van der Waals surface area contributed by atoms with Crippen molar-refractivity contribution in [3.05, 3.63) is 42.5 Å². The summed E-state index contributed by atoms with van der Waals surface area (Å²) in [6.45, 7) is 0. The number of alkyl halides is 3. The molecule has 18 heavy (non-hydrogen) atoms. The van der Waals surface area contributed by atoms with E-state index in [1.165, 1.54) is 18.5 Å². The summed E-state index contributed by atoms with van der Waals surface area (Å²) in [7, 11) is 0. The summed E-state index contributed by atoms with van der Waals surface area (Å²) in [4.78, 5) is 7.14. The molecule has 4 nitrogen and oxygen atoms in total. The first-order valence-corrected chi connectivity index (χ1v) is 4.96. The van der Waals surface area contributed by atoms with Gasteiger partial charge in [0.2, 0.25) is 0 Å². The van der Waals surface area contributed by atoms with Gasteiger partial charge in [-0.3, -0.25) is 4.98 Å². The van der Waals surface area contributed by atoms with Gasteiger partial charge in [0.15, 0.2) is 0 Å². The zero-order valence-corrected chi connectivity index (χ0v) is 9.07. The molecule has 0 aliphatic rings. The minimum atomic E-state index is -4.44. The van der Waals surface area contributed by atoms with E-state index in [-0.39, 0.29) is 0 Å². The fraction of sp³-hybridized carbons (Fsp3) is 0.0909. The van der Waals surface area contributed by atoms with Crippen LogP contribution in [0.5, 0.6) is 0 Å². The van der Waals surface area contributed by atoms with Gasteiger partial charge < -0.3 is 11.1 Å². The molecule has 0 radical (unpaired) electrons. The van der Waals surface area contributed by atoms with Crippen LogP contribution in [0.15, 0.2) is 36.8 Å². The lowest BCUT2D eigenvalue weighted by atomic mass is 10.3. The third-order valence-corrected chi connectivity index (χ3v) is 2.18. The minimum Gasteiger partial charge on any atom is -0.396 e. The van der Waals surface area contributed by atoms with E-state index in [4.69, 9.17) is 5.73 Å². The summed E-state index contributed by atoms with van der Waals surface area (Å²) in [5.74, 6) is 0. The molecule has 3 N–H and O–H groups in total. The van der Waals surface area contributed by atoms with Gasteiger partial charge in [-0.15, -0.1) is 0 Å². The van der Waals surface area contributed by atoms with Gasteiger partial charge in [0.1, 0.15) is 5.69 Å². The van der Waals surface area contributed by atoms with Gasteiger partial charge >= 0.3 is 6.18 Å². The van der Waals surface area contributed by atoms with Crippen LogP contribution in [0.3, 0.4) is 0 Å². The fourth-order valence-corrected chi connectivity index (χ4v) is 1.31. The third-order valence-electron chi connectivity index (χ3n) is 2.18. The second-order valence-corrected chi connectivity index (χ2v) is 3.52. The molecule has 94 valence electrons. The Bertz CT molecular complexity index is 537. The van der Waals surface area contributed by atoms with Crippen LogP contribution in [-0.4, -0.2) is 9.97 Å². The Morgan fingerprint density at radius 1 is 1.11 bits per heavy atom. The number of aromatic nitrogens is 2. The standard InChI is InChI=1S/C11H9F3N4/c12-11(13,14)10-2-1-7(5-17-10)18-9-3-4-16-6-8(9)15/h1-6H,15H2,(H,16,18). The Hall–Kier alpha value is -2.31. The van der Waals surface area contributed by atoms with Gasteiger partial charge in [0.05, 0.1) is 29.5 Å². The highest BCUT2D eigenvalue weighted by Gasteiger charge is 2.31. The highest BCUT2D eigenvalue weighted by molar-refractivity contribution is 5.70. The summed E-state index contributed by atoms with van der Waals surface area (Å²) in [5.41, 5.74) is 6.09. The van der Waals surface area contributed by atoms with Crippen molar-refractivity contribution >= 4 is 17.1 Å². The Labute approximate surface area is 101 Å². The van der Waals surface area contributed by atoms with E-state index in [0.717, 1.165) is 12.3 Å². The summed E-state index contributed by atoms with van der Waals surface area (Å²) in [6.07, 6.45) is -0.368. The summed E-state index contributed by atoms with van der Waals surface area (Å²) >= 11 is 0. The zero-order chi connectivity index (χ0) is 13.2. The Kier molecular flexibility index (Phi) is 3.05. The molecule has 0 fully saturated rings. The SMILES string of the molecule is Nc1cnccc1Nc1ccc(C(F)(F)F)nc1. The van der Waals surface area contributed by atoms with Gasteiger partial charge in [-0.1, -0.05) is 0 Å². The molecule has 2 aromatic heterocycles. The molecule has 0 saturated heterocycles. The second kappa shape index (κ2) is 4.52. The van der Waals surface area contributed by atoms with Crippen LogP contribution >= 0.6 is 0 Å². The van der Waals surface area contributed by atoms with E-state index in [1.807, 2.05) is 0 Å². The topological polar surface area (TPSA) is 63.8 Å². The average molecular weight is 254 g/mol. The number of rotatable bonds is 2. The lowest BCUT2D eigenvalue weighted by Gasteiger charge is -2.09. The lowest BCUT2D eigenvalue weighted by Crippen LogP contribution is -2.07. The van der Waals surface area contributed by atoms with Gasteiger partial charge in [0.25, 0.3) is 0 Å². The number of nitrogens with one attached hydrogen (secondary N) is 1. The zero-order valence-electron chi connectivity index (χ0n) is 9.07. The van der Waals surface area contributed by atoms with Crippen molar-refractivity contribution in [2.24, 2.45) is 0 Å². The normalized spacial score (nSPS) is 11.3. The number of nitrogen functional groups attached to an aromatic ring is 1. The van der Waals surface area contributed by atoms with Crippen molar-refractivity contribution in [1.29, 1.82) is 0 Å². The van der Waals surface area contributed by atoms with Crippen molar-refractivity contribution in [2.75, 3.05) is 11.1 Å². The van der Waals surface area contributed by atoms with Crippen molar-refractivity contribution in [1.82, 2.24) is 9.97 Å². The number of hydrogen-bond acceptors (Lipinski definition) is 4. The van der Waals surface area contributed by atoms with E-state index in [2.05, 4.69) is 15.3 Å². The highest BCUT2D eigenvalue weighted by atomic mass is 19.4. The predicted molar refractivity (Wildman–Crippen MR) is 61.2 cm³/mol. The molecule has 0 atom stereocenters. The Morgan fingerprint density at radius 2 is 1.89 bits per heavy atom. The molecule has 2 heterocycles. The number of anilines is 3. The van der Waals surface area contributed by atoms with Crippen molar-refractivity contribution in [3.8, 4) is 0 Å². The number of pyridine rings is 2. The molecule has 0 spiro atoms. The number of nitrogens with zero attached hydrogens (tertiary/aromatic N) is 2. The molecule has 7 heteroatoms. The maximum atomic E-state index is 12.3. The van der Waals surface area contributed by atoms with Crippen LogP contribution in [0, 0.1) is 0 Å². The molecule has 0 aliphatic carbocycles. The molecule has 2 aromatic rings. The minimum absolute atomic E-state index is 0.400. The Balaban J connectivity index is 2.19. The molecular weight excluding hydrogens is 245 g/mol. The second-order valence-electron chi connectivity index (χ2n) is 3.52. The molecule has 0 bridgehead atoms. The summed E-state index contributed by atoms with van der Waals surface area (Å²) in [5, 5.41) is 2.86. The van der Waals surface area contributed by atoms with Gasteiger partial charge in [-0.2, -0.15) is 13.2 Å². The van der Waals surface area contributed by atoms with Crippen LogP contribution in [0.4, 0.5) is 30.2 Å². The van der Waals surface area contributed by atoms with Gasteiger partial charge in [-0.25, -0.2) is 4.98 Å². The molecular formula is C11H9F3N4. The predicted octanol–water partition coefficient (Wildman–Crippen LogP) is 2.82. The molecule has 0 saturated carbocycles. The summed E-state index contributed by atoms with van der Waals surface area (Å²) in [6, 6.07) is 3.81. The van der Waals surface area contributed by atoms with Crippen molar-refractivity contribution < 1.29 is 13.2 Å². The maximum Gasteiger partial charge on any atom is 0.433 e. The van der Waals surface area contributed by atoms with E-state index < -0.39 is 11.9 Å². The number of nitrogens with two attached hydrogens (primary N) is 1. The molecule has 0 unspecified atom stereocenters. The smallest absolute Gasteiger partial charge is 0.396 e. The van der Waals surface area contributed by atoms with E-state index in [0.29, 0.717) is 17.1 Å². The lowest BCUT2D eigenvalue weighted by molar-refractivity contribution is -0.141. The van der Waals surface area contributed by atoms with Crippen LogP contribution in [0.25, 0.3) is 0 Å². The van der Waals surface area contributed by atoms with Gasteiger partial charge in [0, 0.05) is 6.20 Å². The quantitative estimate of drug-likeness (QED) is 0.864. The van der Waals surface area contributed by atoms with Crippen LogP contribution in [0.2, 0.25) is 0 Å². The van der Waals surface area contributed by atoms with Gasteiger partial charge in [-0.05, 0) is 18.2 Å². The third kappa shape index (κ3) is 2.68. The molecule has 0 amide bonds. The monoisotopic (exact) mass is 254 g/mol. The summed E-state index contributed by atoms with van der Waals surface area (Å²) < 4.78 is 36.9. The van der Waals surface area contributed by atoms with Crippen molar-refractivity contribution in [3.63, 3.8) is 0 Å². The molecule has 0 aliphatic heterocycles. The number of halogens is 3. The van der Waals surface area contributed by atoms with Crippen LogP contribution in [-0.2, 0) is 6.18 Å². The molecule has 2 rings (SSSR count). The van der Waals surface area contributed by atoms with E-state index in [9.17, 15) is 13.2 Å². The first-order valence-electron chi connectivity index (χ1n) is 4.96. The molecule has 0 aromatic carbocycles. The first kappa shape index (κ1) is 12.2. The van der Waals surface area contributed by atoms with Crippen LogP contribution < -0.4 is 11.1 Å².